The second-order valence-electron chi connectivity index (χ2n) is 5.48. The first-order chi connectivity index (χ1) is 9.67. The van der Waals surface area contributed by atoms with Crippen molar-refractivity contribution >= 4 is 17.5 Å². The van der Waals surface area contributed by atoms with Crippen molar-refractivity contribution in [3.05, 3.63) is 17.5 Å². The van der Waals surface area contributed by atoms with E-state index in [2.05, 4.69) is 5.10 Å². The summed E-state index contributed by atoms with van der Waals surface area (Å²) in [6.45, 7) is 2.67. The van der Waals surface area contributed by atoms with Crippen molar-refractivity contribution in [1.82, 2.24) is 14.7 Å². The molecule has 1 heterocycles. The van der Waals surface area contributed by atoms with Gasteiger partial charge >= 0.3 is 0 Å². The maximum Gasteiger partial charge on any atom is 0.272 e. The monoisotopic (exact) mass is 297 g/mol. The number of hydrogen-bond donors (Lipinski definition) is 0. The molecule has 0 saturated heterocycles. The molecule has 112 valence electrons. The predicted octanol–water partition coefficient (Wildman–Crippen LogP) is 3.00. The fourth-order valence-corrected chi connectivity index (χ4v) is 3.16. The van der Waals surface area contributed by atoms with Crippen LogP contribution in [0.15, 0.2) is 6.07 Å². The van der Waals surface area contributed by atoms with Crippen LogP contribution in [0.5, 0.6) is 0 Å². The number of carbonyl (C=O) groups is 1. The molecule has 1 aliphatic rings. The zero-order valence-electron chi connectivity index (χ0n) is 12.4. The van der Waals surface area contributed by atoms with Crippen molar-refractivity contribution in [1.29, 1.82) is 0 Å². The van der Waals surface area contributed by atoms with Gasteiger partial charge in [0.1, 0.15) is 5.69 Å². The molecule has 1 fully saturated rings. The Hall–Kier alpha value is -1.03. The molecule has 0 radical (unpaired) electrons. The Bertz CT molecular complexity index is 452. The van der Waals surface area contributed by atoms with Crippen LogP contribution >= 0.6 is 11.6 Å². The minimum Gasteiger partial charge on any atom is -0.333 e. The molecule has 1 amide bonds. The molecule has 0 N–H and O–H groups in total. The highest BCUT2D eigenvalue weighted by Crippen LogP contribution is 2.24. The van der Waals surface area contributed by atoms with Gasteiger partial charge in [-0.15, -0.1) is 11.6 Å². The van der Waals surface area contributed by atoms with E-state index in [1.54, 1.807) is 4.68 Å². The highest BCUT2D eigenvalue weighted by molar-refractivity contribution is 6.18. The van der Waals surface area contributed by atoms with Crippen LogP contribution in [-0.2, 0) is 13.5 Å². The number of aryl methyl sites for hydroxylation is 2. The van der Waals surface area contributed by atoms with Crippen molar-refractivity contribution in [2.75, 3.05) is 12.4 Å². The molecule has 1 aliphatic carbocycles. The number of halogens is 1. The molecule has 0 spiro atoms. The highest BCUT2D eigenvalue weighted by Gasteiger charge is 2.27. The number of carbonyl (C=O) groups excluding carboxylic acids is 1. The average Bonchev–Trinajstić information content (AvgIpc) is 2.86. The van der Waals surface area contributed by atoms with E-state index in [1.807, 2.05) is 24.9 Å². The summed E-state index contributed by atoms with van der Waals surface area (Å²) in [5.74, 6) is 0.563. The smallest absolute Gasteiger partial charge is 0.272 e. The fourth-order valence-electron chi connectivity index (χ4n) is 2.98. The van der Waals surface area contributed by atoms with Gasteiger partial charge in [-0.1, -0.05) is 26.2 Å². The molecule has 4 nitrogen and oxygen atoms in total. The molecule has 1 aromatic rings. The topological polar surface area (TPSA) is 38.1 Å². The molecular formula is C15H24ClN3O. The molecule has 2 rings (SSSR count). The Labute approximate surface area is 126 Å². The highest BCUT2D eigenvalue weighted by atomic mass is 35.5. The van der Waals surface area contributed by atoms with Gasteiger partial charge in [0.05, 0.1) is 5.69 Å². The molecule has 5 heteroatoms. The standard InChI is InChI=1S/C15H24ClN3O/c1-3-12-11-14(18(2)17-12)15(20)19(10-9-16)13-7-5-4-6-8-13/h11,13H,3-10H2,1-2H3. The van der Waals surface area contributed by atoms with Crippen LogP contribution in [0.2, 0.25) is 0 Å². The number of hydrogen-bond acceptors (Lipinski definition) is 2. The van der Waals surface area contributed by atoms with Gasteiger partial charge in [-0.3, -0.25) is 9.48 Å². The lowest BCUT2D eigenvalue weighted by Crippen LogP contribution is -2.43. The second kappa shape index (κ2) is 7.11. The largest absolute Gasteiger partial charge is 0.333 e. The van der Waals surface area contributed by atoms with Crippen molar-refractivity contribution < 1.29 is 4.79 Å². The third kappa shape index (κ3) is 3.35. The molecule has 0 atom stereocenters. The Kier molecular flexibility index (Phi) is 5.46. The van der Waals surface area contributed by atoms with E-state index in [0.717, 1.165) is 25.0 Å². The minimum atomic E-state index is 0.0762. The van der Waals surface area contributed by atoms with E-state index in [0.29, 0.717) is 24.2 Å². The van der Waals surface area contributed by atoms with Crippen LogP contribution in [0.25, 0.3) is 0 Å². The van der Waals surface area contributed by atoms with Crippen molar-refractivity contribution in [3.8, 4) is 0 Å². The Balaban J connectivity index is 2.18. The summed E-state index contributed by atoms with van der Waals surface area (Å²) in [5, 5.41) is 4.37. The fraction of sp³-hybridized carbons (Fsp3) is 0.733. The SMILES string of the molecule is CCc1cc(C(=O)N(CCCl)C2CCCCC2)n(C)n1. The molecule has 1 aromatic heterocycles. The summed E-state index contributed by atoms with van der Waals surface area (Å²) in [5.41, 5.74) is 1.64. The minimum absolute atomic E-state index is 0.0762. The van der Waals surface area contributed by atoms with Crippen LogP contribution in [0.3, 0.4) is 0 Å². The van der Waals surface area contributed by atoms with Gasteiger partial charge < -0.3 is 4.90 Å². The maximum absolute atomic E-state index is 12.8. The lowest BCUT2D eigenvalue weighted by atomic mass is 9.94. The average molecular weight is 298 g/mol. The van der Waals surface area contributed by atoms with Crippen LogP contribution in [0.1, 0.15) is 55.2 Å². The molecule has 0 bridgehead atoms. The number of alkyl halides is 1. The van der Waals surface area contributed by atoms with E-state index >= 15 is 0 Å². The second-order valence-corrected chi connectivity index (χ2v) is 5.86. The maximum atomic E-state index is 12.8. The van der Waals surface area contributed by atoms with Gasteiger partial charge in [0, 0.05) is 25.5 Å². The van der Waals surface area contributed by atoms with Crippen LogP contribution in [-0.4, -0.2) is 39.1 Å². The lowest BCUT2D eigenvalue weighted by Gasteiger charge is -2.34. The number of nitrogens with zero attached hydrogens (tertiary/aromatic N) is 3. The number of amides is 1. The van der Waals surface area contributed by atoms with Gasteiger partial charge in [-0.05, 0) is 25.3 Å². The first-order valence-electron chi connectivity index (χ1n) is 7.57. The Morgan fingerprint density at radius 1 is 1.45 bits per heavy atom. The number of rotatable bonds is 5. The van der Waals surface area contributed by atoms with Crippen LogP contribution in [0, 0.1) is 0 Å². The first-order valence-corrected chi connectivity index (χ1v) is 8.10. The van der Waals surface area contributed by atoms with Gasteiger partial charge in [-0.25, -0.2) is 0 Å². The first kappa shape index (κ1) is 15.4. The predicted molar refractivity (Wildman–Crippen MR) is 81.2 cm³/mol. The summed E-state index contributed by atoms with van der Waals surface area (Å²) < 4.78 is 1.70. The van der Waals surface area contributed by atoms with Gasteiger partial charge in [-0.2, -0.15) is 5.10 Å². The molecule has 0 unspecified atom stereocenters. The van der Waals surface area contributed by atoms with E-state index < -0.39 is 0 Å². The van der Waals surface area contributed by atoms with E-state index in [4.69, 9.17) is 11.6 Å². The van der Waals surface area contributed by atoms with E-state index in [-0.39, 0.29) is 5.91 Å². The third-order valence-electron chi connectivity index (χ3n) is 4.11. The van der Waals surface area contributed by atoms with E-state index in [9.17, 15) is 4.79 Å². The quantitative estimate of drug-likeness (QED) is 0.784. The molecule has 20 heavy (non-hydrogen) atoms. The summed E-state index contributed by atoms with van der Waals surface area (Å²) in [4.78, 5) is 14.8. The van der Waals surface area contributed by atoms with Crippen LogP contribution in [0.4, 0.5) is 0 Å². The van der Waals surface area contributed by atoms with Crippen molar-refractivity contribution in [3.63, 3.8) is 0 Å². The zero-order chi connectivity index (χ0) is 14.5. The van der Waals surface area contributed by atoms with E-state index in [1.165, 1.54) is 19.3 Å². The molecule has 0 aliphatic heterocycles. The molecule has 0 aromatic carbocycles. The summed E-state index contributed by atoms with van der Waals surface area (Å²) >= 11 is 5.90. The Morgan fingerprint density at radius 3 is 2.70 bits per heavy atom. The third-order valence-corrected chi connectivity index (χ3v) is 4.28. The molecular weight excluding hydrogens is 274 g/mol. The zero-order valence-corrected chi connectivity index (χ0v) is 13.2. The van der Waals surface area contributed by atoms with Crippen molar-refractivity contribution in [2.45, 2.75) is 51.5 Å². The summed E-state index contributed by atoms with van der Waals surface area (Å²) in [7, 11) is 1.84. The van der Waals surface area contributed by atoms with Crippen molar-refractivity contribution in [2.24, 2.45) is 7.05 Å². The lowest BCUT2D eigenvalue weighted by molar-refractivity contribution is 0.0638. The Morgan fingerprint density at radius 2 is 2.15 bits per heavy atom. The van der Waals surface area contributed by atoms with Gasteiger partial charge in [0.25, 0.3) is 5.91 Å². The summed E-state index contributed by atoms with van der Waals surface area (Å²) in [6.07, 6.45) is 6.75. The summed E-state index contributed by atoms with van der Waals surface area (Å²) in [6, 6.07) is 2.25. The van der Waals surface area contributed by atoms with Gasteiger partial charge in [0.15, 0.2) is 0 Å². The normalized spacial score (nSPS) is 16.4. The molecule has 1 saturated carbocycles. The number of aromatic nitrogens is 2. The van der Waals surface area contributed by atoms with Crippen LogP contribution < -0.4 is 0 Å². The van der Waals surface area contributed by atoms with Gasteiger partial charge in [0.2, 0.25) is 0 Å².